The minimum atomic E-state index is -2.20. The predicted molar refractivity (Wildman–Crippen MR) is 95.6 cm³/mol. The molecule has 0 aromatic heterocycles. The van der Waals surface area contributed by atoms with Crippen molar-refractivity contribution in [2.75, 3.05) is 6.16 Å². The monoisotopic (exact) mass is 374 g/mol. The maximum absolute atomic E-state index is 10.5. The molecule has 136 valence electrons. The minimum absolute atomic E-state index is 0. The van der Waals surface area contributed by atoms with Gasteiger partial charge in [0.15, 0.2) is 8.03 Å². The van der Waals surface area contributed by atoms with Crippen molar-refractivity contribution in [3.05, 3.63) is 0 Å². The number of rotatable bonds is 17. The molecule has 0 aromatic carbocycles. The first-order valence-corrected chi connectivity index (χ1v) is 11.1. The van der Waals surface area contributed by atoms with E-state index in [-0.39, 0.29) is 17.1 Å². The molecule has 1 unspecified atom stereocenters. The van der Waals surface area contributed by atoms with Crippen LogP contribution in [0.25, 0.3) is 0 Å². The van der Waals surface area contributed by atoms with Crippen molar-refractivity contribution < 1.29 is 26.5 Å². The summed E-state index contributed by atoms with van der Waals surface area (Å²) in [6.07, 6.45) is 22.1. The standard InChI is InChI=1S/C18H39O2P.Fe/c1-2-3-4-5-6-7-8-9-10-11-12-13-14-15-16-17-18-21(19)20;/h21H,2-18H2,1H3,(H,19,20);. The van der Waals surface area contributed by atoms with Crippen molar-refractivity contribution >= 4 is 8.03 Å². The normalized spacial score (nSPS) is 12.1. The Kier molecular flexibility index (Phi) is 24.6. The Morgan fingerprint density at radius 2 is 0.864 bits per heavy atom. The molecule has 2 nitrogen and oxygen atoms in total. The first-order chi connectivity index (χ1) is 10.3. The van der Waals surface area contributed by atoms with Gasteiger partial charge < -0.3 is 4.89 Å². The third kappa shape index (κ3) is 23.0. The van der Waals surface area contributed by atoms with E-state index in [0.717, 1.165) is 12.8 Å². The van der Waals surface area contributed by atoms with E-state index >= 15 is 0 Å². The van der Waals surface area contributed by atoms with Crippen molar-refractivity contribution in [1.29, 1.82) is 0 Å². The molecule has 0 bridgehead atoms. The Balaban J connectivity index is 0. The van der Waals surface area contributed by atoms with Crippen LogP contribution < -0.4 is 0 Å². The van der Waals surface area contributed by atoms with Crippen molar-refractivity contribution in [1.82, 2.24) is 0 Å². The molecular formula is C18H39FeO2P. The van der Waals surface area contributed by atoms with Crippen molar-refractivity contribution in [3.63, 3.8) is 0 Å². The molecule has 0 saturated carbocycles. The zero-order chi connectivity index (χ0) is 15.6. The molecule has 0 aliphatic heterocycles. The van der Waals surface area contributed by atoms with E-state index in [0.29, 0.717) is 6.16 Å². The van der Waals surface area contributed by atoms with Crippen LogP contribution in [0.1, 0.15) is 110 Å². The van der Waals surface area contributed by atoms with Gasteiger partial charge in [0.25, 0.3) is 0 Å². The second-order valence-electron chi connectivity index (χ2n) is 6.45. The maximum Gasteiger partial charge on any atom is 0.189 e. The first kappa shape index (κ1) is 25.0. The van der Waals surface area contributed by atoms with Crippen LogP contribution in [0.15, 0.2) is 0 Å². The van der Waals surface area contributed by atoms with E-state index in [1.807, 2.05) is 0 Å². The van der Waals surface area contributed by atoms with Gasteiger partial charge in [0.2, 0.25) is 0 Å². The van der Waals surface area contributed by atoms with E-state index in [9.17, 15) is 4.57 Å². The zero-order valence-corrected chi connectivity index (χ0v) is 16.8. The molecule has 0 rings (SSSR count). The van der Waals surface area contributed by atoms with Crippen molar-refractivity contribution in [3.8, 4) is 0 Å². The number of hydrogen-bond donors (Lipinski definition) is 1. The Labute approximate surface area is 150 Å². The second kappa shape index (κ2) is 21.7. The van der Waals surface area contributed by atoms with Gasteiger partial charge in [0, 0.05) is 23.2 Å². The Morgan fingerprint density at radius 1 is 0.591 bits per heavy atom. The van der Waals surface area contributed by atoms with Crippen LogP contribution in [0.2, 0.25) is 0 Å². The van der Waals surface area contributed by atoms with Gasteiger partial charge in [-0.3, -0.25) is 4.57 Å². The fourth-order valence-electron chi connectivity index (χ4n) is 2.82. The van der Waals surface area contributed by atoms with E-state index < -0.39 is 8.03 Å². The number of hydrogen-bond acceptors (Lipinski definition) is 1. The van der Waals surface area contributed by atoms with E-state index in [1.165, 1.54) is 89.9 Å². The van der Waals surface area contributed by atoms with Crippen molar-refractivity contribution in [2.45, 2.75) is 110 Å². The molecule has 0 aliphatic carbocycles. The Morgan fingerprint density at radius 3 is 1.14 bits per heavy atom. The van der Waals surface area contributed by atoms with Crippen LogP contribution in [0.5, 0.6) is 0 Å². The number of unbranched alkanes of at least 4 members (excludes halogenated alkanes) is 15. The Bertz CT molecular complexity index is 225. The van der Waals surface area contributed by atoms with Crippen LogP contribution in [0, 0.1) is 0 Å². The van der Waals surface area contributed by atoms with Crippen LogP contribution in [-0.2, 0) is 21.6 Å². The molecule has 22 heavy (non-hydrogen) atoms. The summed E-state index contributed by atoms with van der Waals surface area (Å²) >= 11 is 0. The summed E-state index contributed by atoms with van der Waals surface area (Å²) in [6.45, 7) is 2.28. The second-order valence-corrected chi connectivity index (χ2v) is 7.73. The molecule has 0 spiro atoms. The molecule has 0 fully saturated rings. The summed E-state index contributed by atoms with van der Waals surface area (Å²) in [5.41, 5.74) is 0. The van der Waals surface area contributed by atoms with Gasteiger partial charge in [-0.15, -0.1) is 0 Å². The third-order valence-electron chi connectivity index (χ3n) is 4.24. The average Bonchev–Trinajstić information content (AvgIpc) is 2.46. The molecule has 4 heteroatoms. The molecule has 0 saturated heterocycles. The molecule has 0 amide bonds. The van der Waals surface area contributed by atoms with Gasteiger partial charge in [0.05, 0.1) is 0 Å². The zero-order valence-electron chi connectivity index (χ0n) is 14.7. The van der Waals surface area contributed by atoms with E-state index in [4.69, 9.17) is 4.89 Å². The molecule has 1 atom stereocenters. The van der Waals surface area contributed by atoms with Crippen LogP contribution in [-0.4, -0.2) is 11.1 Å². The van der Waals surface area contributed by atoms with Gasteiger partial charge in [-0.05, 0) is 6.42 Å². The summed E-state index contributed by atoms with van der Waals surface area (Å²) in [6, 6.07) is 0. The minimum Gasteiger partial charge on any atom is -0.346 e. The van der Waals surface area contributed by atoms with Gasteiger partial charge >= 0.3 is 0 Å². The summed E-state index contributed by atoms with van der Waals surface area (Å²) in [7, 11) is -2.20. The molecular weight excluding hydrogens is 335 g/mol. The summed E-state index contributed by atoms with van der Waals surface area (Å²) in [4.78, 5) is 8.71. The summed E-state index contributed by atoms with van der Waals surface area (Å²) in [5.74, 6) is 0. The maximum atomic E-state index is 10.5. The first-order valence-electron chi connectivity index (χ1n) is 9.49. The van der Waals surface area contributed by atoms with E-state index in [2.05, 4.69) is 6.92 Å². The van der Waals surface area contributed by atoms with Crippen molar-refractivity contribution in [2.24, 2.45) is 0 Å². The van der Waals surface area contributed by atoms with Gasteiger partial charge in [-0.25, -0.2) is 0 Å². The third-order valence-corrected chi connectivity index (χ3v) is 5.03. The fraction of sp³-hybridized carbons (Fsp3) is 1.00. The SMILES string of the molecule is CCCCCCCCCCCCCCCCCC[PH](=O)O.[Fe]. The average molecular weight is 374 g/mol. The quantitative estimate of drug-likeness (QED) is 0.174. The summed E-state index contributed by atoms with van der Waals surface area (Å²) < 4.78 is 10.5. The van der Waals surface area contributed by atoms with Crippen LogP contribution >= 0.6 is 8.03 Å². The van der Waals surface area contributed by atoms with Crippen LogP contribution in [0.3, 0.4) is 0 Å². The molecule has 0 radical (unpaired) electrons. The summed E-state index contributed by atoms with van der Waals surface area (Å²) in [5, 5.41) is 0. The van der Waals surface area contributed by atoms with E-state index in [1.54, 1.807) is 0 Å². The smallest absolute Gasteiger partial charge is 0.189 e. The molecule has 1 N–H and O–H groups in total. The predicted octanol–water partition coefficient (Wildman–Crippen LogP) is 6.71. The Hall–Kier alpha value is 0.709. The topological polar surface area (TPSA) is 37.3 Å². The van der Waals surface area contributed by atoms with Gasteiger partial charge in [-0.2, -0.15) is 0 Å². The molecule has 0 aromatic rings. The van der Waals surface area contributed by atoms with Crippen LogP contribution in [0.4, 0.5) is 0 Å². The fourth-order valence-corrected chi connectivity index (χ4v) is 3.38. The molecule has 0 heterocycles. The largest absolute Gasteiger partial charge is 0.346 e. The van der Waals surface area contributed by atoms with Gasteiger partial charge in [0.1, 0.15) is 0 Å². The van der Waals surface area contributed by atoms with Gasteiger partial charge in [-0.1, -0.05) is 103 Å². The molecule has 0 aliphatic rings.